The number of aromatic nitrogens is 2. The number of nitrogens with zero attached hydrogens (tertiary/aromatic N) is 2. The van der Waals surface area contributed by atoms with Crippen molar-refractivity contribution in [1.82, 2.24) is 9.78 Å². The molecule has 0 aliphatic rings. The Kier molecular flexibility index (Phi) is 3.55. The van der Waals surface area contributed by atoms with Crippen LogP contribution in [-0.4, -0.2) is 9.78 Å². The topological polar surface area (TPSA) is 55.9 Å². The van der Waals surface area contributed by atoms with Gasteiger partial charge in [-0.1, -0.05) is 24.3 Å². The highest BCUT2D eigenvalue weighted by Crippen LogP contribution is 2.23. The van der Waals surface area contributed by atoms with Crippen molar-refractivity contribution < 1.29 is 0 Å². The van der Waals surface area contributed by atoms with Crippen LogP contribution in [0.25, 0.3) is 0 Å². The Morgan fingerprint density at radius 3 is 2.67 bits per heavy atom. The van der Waals surface area contributed by atoms with Gasteiger partial charge in [0.15, 0.2) is 0 Å². The van der Waals surface area contributed by atoms with E-state index in [1.54, 1.807) is 0 Å². The van der Waals surface area contributed by atoms with Gasteiger partial charge in [-0.25, -0.2) is 4.68 Å². The van der Waals surface area contributed by atoms with Crippen molar-refractivity contribution in [3.05, 3.63) is 41.1 Å². The minimum Gasteiger partial charge on any atom is -0.394 e. The Morgan fingerprint density at radius 2 is 2.00 bits per heavy atom. The summed E-state index contributed by atoms with van der Waals surface area (Å²) in [6.07, 6.45) is 0. The van der Waals surface area contributed by atoms with Gasteiger partial charge in [0.1, 0.15) is 5.82 Å². The van der Waals surface area contributed by atoms with E-state index in [0.717, 1.165) is 30.3 Å². The molecule has 0 aliphatic heterocycles. The Morgan fingerprint density at radius 1 is 1.28 bits per heavy atom. The van der Waals surface area contributed by atoms with E-state index in [-0.39, 0.29) is 0 Å². The number of aryl methyl sites for hydroxylation is 3. The zero-order valence-corrected chi connectivity index (χ0v) is 11.2. The molecule has 3 N–H and O–H groups in total. The maximum atomic E-state index is 6.04. The highest BCUT2D eigenvalue weighted by molar-refractivity contribution is 5.64. The molecule has 0 aliphatic carbocycles. The third kappa shape index (κ3) is 2.32. The van der Waals surface area contributed by atoms with Crippen LogP contribution in [0.5, 0.6) is 0 Å². The number of nitrogens with two attached hydrogens (primary N) is 1. The molecule has 18 heavy (non-hydrogen) atoms. The molecular formula is C14H20N4. The van der Waals surface area contributed by atoms with E-state index in [4.69, 9.17) is 5.73 Å². The summed E-state index contributed by atoms with van der Waals surface area (Å²) in [6.45, 7) is 7.68. The van der Waals surface area contributed by atoms with Gasteiger partial charge in [0.25, 0.3) is 0 Å². The molecule has 0 amide bonds. The van der Waals surface area contributed by atoms with E-state index in [2.05, 4.69) is 42.5 Å². The quantitative estimate of drug-likeness (QED) is 0.869. The number of benzene rings is 1. The number of hydrogen-bond acceptors (Lipinski definition) is 3. The predicted molar refractivity (Wildman–Crippen MR) is 75.6 cm³/mol. The molecule has 1 aromatic carbocycles. The third-order valence-electron chi connectivity index (χ3n) is 3.18. The van der Waals surface area contributed by atoms with Gasteiger partial charge in [0.05, 0.1) is 11.4 Å². The van der Waals surface area contributed by atoms with E-state index < -0.39 is 0 Å². The van der Waals surface area contributed by atoms with Crippen LogP contribution in [0.4, 0.5) is 11.5 Å². The molecule has 4 nitrogen and oxygen atoms in total. The molecule has 1 heterocycles. The Balaban J connectivity index is 2.18. The number of rotatable bonds is 4. The van der Waals surface area contributed by atoms with Crippen LogP contribution in [0.3, 0.4) is 0 Å². The van der Waals surface area contributed by atoms with Crippen LogP contribution in [0, 0.1) is 13.8 Å². The molecule has 2 rings (SSSR count). The Labute approximate surface area is 108 Å². The van der Waals surface area contributed by atoms with Gasteiger partial charge in [-0.3, -0.25) is 0 Å². The number of hydrogen-bond donors (Lipinski definition) is 2. The summed E-state index contributed by atoms with van der Waals surface area (Å²) < 4.78 is 1.91. The molecule has 0 atom stereocenters. The molecule has 0 saturated carbocycles. The zero-order valence-electron chi connectivity index (χ0n) is 11.2. The largest absolute Gasteiger partial charge is 0.394 e. The Hall–Kier alpha value is -1.97. The Bertz CT molecular complexity index is 543. The van der Waals surface area contributed by atoms with Crippen molar-refractivity contribution in [2.45, 2.75) is 33.9 Å². The standard InChI is InChI=1S/C14H20N4/c1-4-18-14(13(15)11(3)17-18)16-9-12-8-6-5-7-10(12)2/h5-8,16H,4,9,15H2,1-3H3. The maximum Gasteiger partial charge on any atom is 0.148 e. The highest BCUT2D eigenvalue weighted by Gasteiger charge is 2.10. The van der Waals surface area contributed by atoms with Crippen LogP contribution in [0.2, 0.25) is 0 Å². The van der Waals surface area contributed by atoms with Crippen molar-refractivity contribution in [3.8, 4) is 0 Å². The van der Waals surface area contributed by atoms with Crippen molar-refractivity contribution >= 4 is 11.5 Å². The average molecular weight is 244 g/mol. The van der Waals surface area contributed by atoms with E-state index >= 15 is 0 Å². The van der Waals surface area contributed by atoms with Crippen LogP contribution in [-0.2, 0) is 13.1 Å². The first-order chi connectivity index (χ1) is 8.63. The van der Waals surface area contributed by atoms with Gasteiger partial charge < -0.3 is 11.1 Å². The van der Waals surface area contributed by atoms with Gasteiger partial charge in [-0.15, -0.1) is 0 Å². The van der Waals surface area contributed by atoms with Crippen molar-refractivity contribution in [3.63, 3.8) is 0 Å². The van der Waals surface area contributed by atoms with E-state index in [1.165, 1.54) is 11.1 Å². The fourth-order valence-corrected chi connectivity index (χ4v) is 2.00. The minimum atomic E-state index is 0.741. The molecule has 2 aromatic rings. The molecule has 0 fully saturated rings. The van der Waals surface area contributed by atoms with E-state index in [1.807, 2.05) is 17.7 Å². The molecule has 4 heteroatoms. The summed E-state index contributed by atoms with van der Waals surface area (Å²) in [6, 6.07) is 8.34. The summed E-state index contributed by atoms with van der Waals surface area (Å²) in [7, 11) is 0. The SMILES string of the molecule is CCn1nc(C)c(N)c1NCc1ccccc1C. The second kappa shape index (κ2) is 5.12. The summed E-state index contributed by atoms with van der Waals surface area (Å²) in [5, 5.41) is 7.78. The van der Waals surface area contributed by atoms with Crippen molar-refractivity contribution in [1.29, 1.82) is 0 Å². The van der Waals surface area contributed by atoms with Crippen molar-refractivity contribution in [2.24, 2.45) is 0 Å². The van der Waals surface area contributed by atoms with Crippen LogP contribution in [0.15, 0.2) is 24.3 Å². The lowest BCUT2D eigenvalue weighted by atomic mass is 10.1. The highest BCUT2D eigenvalue weighted by atomic mass is 15.3. The average Bonchev–Trinajstić information content (AvgIpc) is 2.65. The zero-order chi connectivity index (χ0) is 13.1. The lowest BCUT2D eigenvalue weighted by Crippen LogP contribution is -2.09. The van der Waals surface area contributed by atoms with Gasteiger partial charge in [-0.2, -0.15) is 5.10 Å². The minimum absolute atomic E-state index is 0.741. The first-order valence-corrected chi connectivity index (χ1v) is 6.24. The molecule has 1 aromatic heterocycles. The molecule has 0 saturated heterocycles. The fraction of sp³-hybridized carbons (Fsp3) is 0.357. The summed E-state index contributed by atoms with van der Waals surface area (Å²) >= 11 is 0. The summed E-state index contributed by atoms with van der Waals surface area (Å²) in [5.74, 6) is 0.915. The van der Waals surface area contributed by atoms with Gasteiger partial charge in [-0.05, 0) is 31.9 Å². The smallest absolute Gasteiger partial charge is 0.148 e. The lowest BCUT2D eigenvalue weighted by molar-refractivity contribution is 0.657. The van der Waals surface area contributed by atoms with Gasteiger partial charge in [0.2, 0.25) is 0 Å². The third-order valence-corrected chi connectivity index (χ3v) is 3.18. The number of nitrogen functional groups attached to an aromatic ring is 1. The number of anilines is 2. The molecule has 96 valence electrons. The van der Waals surface area contributed by atoms with E-state index in [9.17, 15) is 0 Å². The molecule has 0 radical (unpaired) electrons. The first-order valence-electron chi connectivity index (χ1n) is 6.24. The lowest BCUT2D eigenvalue weighted by Gasteiger charge is -2.11. The van der Waals surface area contributed by atoms with Gasteiger partial charge >= 0.3 is 0 Å². The first kappa shape index (κ1) is 12.5. The fourth-order valence-electron chi connectivity index (χ4n) is 2.00. The molecule has 0 spiro atoms. The second-order valence-electron chi connectivity index (χ2n) is 4.44. The number of nitrogens with one attached hydrogen (secondary N) is 1. The van der Waals surface area contributed by atoms with Crippen LogP contribution < -0.4 is 11.1 Å². The summed E-state index contributed by atoms with van der Waals surface area (Å²) in [5.41, 5.74) is 10.2. The maximum absolute atomic E-state index is 6.04. The van der Waals surface area contributed by atoms with Crippen LogP contribution in [0.1, 0.15) is 23.7 Å². The van der Waals surface area contributed by atoms with Crippen molar-refractivity contribution in [2.75, 3.05) is 11.1 Å². The predicted octanol–water partition coefficient (Wildman–Crippen LogP) is 2.71. The van der Waals surface area contributed by atoms with Gasteiger partial charge in [0, 0.05) is 13.1 Å². The monoisotopic (exact) mass is 244 g/mol. The van der Waals surface area contributed by atoms with E-state index in [0.29, 0.717) is 0 Å². The second-order valence-corrected chi connectivity index (χ2v) is 4.44. The molecule has 0 unspecified atom stereocenters. The molecule has 0 bridgehead atoms. The van der Waals surface area contributed by atoms with Crippen LogP contribution >= 0.6 is 0 Å². The molecular weight excluding hydrogens is 224 g/mol. The normalized spacial score (nSPS) is 10.6. The summed E-state index contributed by atoms with van der Waals surface area (Å²) in [4.78, 5) is 0.